The maximum absolute atomic E-state index is 2.72. The predicted octanol–water partition coefficient (Wildman–Crippen LogP) is 4.88. The third kappa shape index (κ3) is 4.29. The van der Waals surface area contributed by atoms with Gasteiger partial charge in [0.15, 0.2) is 0 Å². The summed E-state index contributed by atoms with van der Waals surface area (Å²) in [6.45, 7) is 7.21. The first-order chi connectivity index (χ1) is 14.3. The van der Waals surface area contributed by atoms with Crippen molar-refractivity contribution < 1.29 is 0 Å². The first kappa shape index (κ1) is 18.6. The molecule has 0 unspecified atom stereocenters. The minimum Gasteiger partial charge on any atom is -0.302 e. The summed E-state index contributed by atoms with van der Waals surface area (Å²) in [7, 11) is 0. The summed E-state index contributed by atoms with van der Waals surface area (Å²) in [4.78, 5) is 5.38. The molecule has 2 heterocycles. The monoisotopic (exact) mass is 382 g/mol. The van der Waals surface area contributed by atoms with Gasteiger partial charge in [-0.05, 0) is 28.5 Å². The summed E-state index contributed by atoms with van der Waals surface area (Å²) in [5, 5.41) is 0. The lowest BCUT2D eigenvalue weighted by atomic mass is 9.91. The van der Waals surface area contributed by atoms with Crippen LogP contribution in [0.2, 0.25) is 0 Å². The molecular formula is C27H30N2. The number of benzene rings is 3. The molecule has 0 aromatic heterocycles. The summed E-state index contributed by atoms with van der Waals surface area (Å²) < 4.78 is 0. The summed E-state index contributed by atoms with van der Waals surface area (Å²) in [5.74, 6) is 2.11. The van der Waals surface area contributed by atoms with Crippen LogP contribution in [0.4, 0.5) is 0 Å². The molecule has 2 aliphatic heterocycles. The van der Waals surface area contributed by atoms with Gasteiger partial charge in [-0.25, -0.2) is 0 Å². The van der Waals surface area contributed by atoms with Crippen LogP contribution in [-0.4, -0.2) is 42.5 Å². The Bertz CT molecular complexity index is 840. The van der Waals surface area contributed by atoms with Crippen molar-refractivity contribution in [2.45, 2.75) is 12.5 Å². The van der Waals surface area contributed by atoms with E-state index in [2.05, 4.69) is 101 Å². The third-order valence-corrected chi connectivity index (χ3v) is 6.73. The van der Waals surface area contributed by atoms with Crippen molar-refractivity contribution in [1.82, 2.24) is 9.80 Å². The van der Waals surface area contributed by atoms with Crippen LogP contribution in [0.25, 0.3) is 0 Å². The van der Waals surface area contributed by atoms with Crippen LogP contribution in [0.15, 0.2) is 91.0 Å². The Labute approximate surface area is 174 Å². The topological polar surface area (TPSA) is 6.48 Å². The minimum absolute atomic E-state index is 0.455. The Balaban J connectivity index is 1.24. The molecular weight excluding hydrogens is 352 g/mol. The Morgan fingerprint density at radius 2 is 1.03 bits per heavy atom. The molecule has 5 rings (SSSR count). The molecule has 0 bridgehead atoms. The molecule has 0 amide bonds. The van der Waals surface area contributed by atoms with Crippen LogP contribution in [0.3, 0.4) is 0 Å². The van der Waals surface area contributed by atoms with Gasteiger partial charge in [0, 0.05) is 45.2 Å². The van der Waals surface area contributed by atoms with E-state index in [1.165, 1.54) is 42.9 Å². The van der Waals surface area contributed by atoms with Gasteiger partial charge in [0.25, 0.3) is 0 Å². The molecule has 2 atom stereocenters. The van der Waals surface area contributed by atoms with E-state index in [4.69, 9.17) is 0 Å². The molecule has 2 fully saturated rings. The van der Waals surface area contributed by atoms with Crippen LogP contribution in [0, 0.1) is 11.8 Å². The summed E-state index contributed by atoms with van der Waals surface area (Å²) in [6.07, 6.45) is 0. The van der Waals surface area contributed by atoms with Gasteiger partial charge < -0.3 is 4.90 Å². The smallest absolute Gasteiger partial charge is 0.0233 e. The highest BCUT2D eigenvalue weighted by Gasteiger charge is 2.40. The van der Waals surface area contributed by atoms with Crippen LogP contribution >= 0.6 is 0 Å². The normalized spacial score (nSPS) is 22.2. The summed E-state index contributed by atoms with van der Waals surface area (Å²) >= 11 is 0. The zero-order valence-electron chi connectivity index (χ0n) is 17.0. The summed E-state index contributed by atoms with van der Waals surface area (Å²) in [6, 6.07) is 33.0. The van der Waals surface area contributed by atoms with E-state index in [1.807, 2.05) is 0 Å². The predicted molar refractivity (Wildman–Crippen MR) is 120 cm³/mol. The van der Waals surface area contributed by atoms with Crippen molar-refractivity contribution in [1.29, 1.82) is 0 Å². The molecule has 2 heteroatoms. The van der Waals surface area contributed by atoms with E-state index in [9.17, 15) is 0 Å². The van der Waals surface area contributed by atoms with Crippen molar-refractivity contribution >= 4 is 0 Å². The second-order valence-corrected chi connectivity index (χ2v) is 8.79. The van der Waals surface area contributed by atoms with Gasteiger partial charge in [-0.2, -0.15) is 0 Å². The molecule has 3 aromatic rings. The minimum atomic E-state index is 0.455. The largest absolute Gasteiger partial charge is 0.302 e. The molecule has 0 radical (unpaired) electrons. The third-order valence-electron chi connectivity index (χ3n) is 6.73. The van der Waals surface area contributed by atoms with Gasteiger partial charge in [0.2, 0.25) is 0 Å². The Morgan fingerprint density at radius 1 is 0.586 bits per heavy atom. The van der Waals surface area contributed by atoms with Gasteiger partial charge in [-0.1, -0.05) is 91.0 Å². The number of likely N-dealkylation sites (tertiary alicyclic amines) is 2. The van der Waals surface area contributed by atoms with E-state index in [-0.39, 0.29) is 0 Å². The second kappa shape index (κ2) is 8.52. The molecule has 2 saturated heterocycles. The molecule has 0 aliphatic carbocycles. The number of hydrogen-bond acceptors (Lipinski definition) is 2. The van der Waals surface area contributed by atoms with E-state index in [1.54, 1.807) is 0 Å². The fourth-order valence-corrected chi connectivity index (χ4v) is 5.34. The van der Waals surface area contributed by atoms with Crippen LogP contribution in [0.1, 0.15) is 22.6 Å². The fourth-order valence-electron chi connectivity index (χ4n) is 5.34. The zero-order valence-corrected chi connectivity index (χ0v) is 17.0. The van der Waals surface area contributed by atoms with Crippen molar-refractivity contribution in [3.8, 4) is 0 Å². The van der Waals surface area contributed by atoms with Crippen molar-refractivity contribution in [2.75, 3.05) is 32.7 Å². The quantitative estimate of drug-likeness (QED) is 0.599. The molecule has 0 N–H and O–H groups in total. The van der Waals surface area contributed by atoms with E-state index >= 15 is 0 Å². The summed E-state index contributed by atoms with van der Waals surface area (Å²) in [5.41, 5.74) is 4.31. The van der Waals surface area contributed by atoms with Crippen LogP contribution in [-0.2, 0) is 6.54 Å². The van der Waals surface area contributed by atoms with Crippen molar-refractivity contribution in [2.24, 2.45) is 11.8 Å². The number of hydrogen-bond donors (Lipinski definition) is 0. The molecule has 148 valence electrons. The highest BCUT2D eigenvalue weighted by Crippen LogP contribution is 2.34. The standard InChI is InChI=1S/C27H30N2/c1-4-10-22(11-5-1)16-28-17-25-19-29(20-26(25)18-28)21-27(23-12-6-2-7-13-23)24-14-8-3-9-15-24/h1-15,25-27H,16-21H2/t25-,26+. The van der Waals surface area contributed by atoms with Gasteiger partial charge in [0.05, 0.1) is 0 Å². The fraction of sp³-hybridized carbons (Fsp3) is 0.333. The van der Waals surface area contributed by atoms with E-state index in [0.717, 1.165) is 24.9 Å². The lowest BCUT2D eigenvalue weighted by Crippen LogP contribution is -2.31. The molecule has 0 saturated carbocycles. The number of rotatable bonds is 6. The average Bonchev–Trinajstić information content (AvgIpc) is 3.32. The Morgan fingerprint density at radius 3 is 1.55 bits per heavy atom. The molecule has 29 heavy (non-hydrogen) atoms. The average molecular weight is 383 g/mol. The second-order valence-electron chi connectivity index (χ2n) is 8.79. The lowest BCUT2D eigenvalue weighted by Gasteiger charge is -2.26. The number of nitrogens with zero attached hydrogens (tertiary/aromatic N) is 2. The van der Waals surface area contributed by atoms with Crippen molar-refractivity contribution in [3.63, 3.8) is 0 Å². The molecule has 0 spiro atoms. The van der Waals surface area contributed by atoms with E-state index < -0.39 is 0 Å². The van der Waals surface area contributed by atoms with Crippen LogP contribution in [0.5, 0.6) is 0 Å². The van der Waals surface area contributed by atoms with Crippen molar-refractivity contribution in [3.05, 3.63) is 108 Å². The maximum Gasteiger partial charge on any atom is 0.0233 e. The number of fused-ring (bicyclic) bond motifs is 1. The highest BCUT2D eigenvalue weighted by molar-refractivity contribution is 5.33. The zero-order chi connectivity index (χ0) is 19.5. The van der Waals surface area contributed by atoms with Crippen LogP contribution < -0.4 is 0 Å². The Hall–Kier alpha value is -2.42. The highest BCUT2D eigenvalue weighted by atomic mass is 15.2. The van der Waals surface area contributed by atoms with Gasteiger partial charge in [0.1, 0.15) is 0 Å². The SMILES string of the molecule is c1ccc(CN2C[C@@H]3CN(CC(c4ccccc4)c4ccccc4)C[C@@H]3C2)cc1. The van der Waals surface area contributed by atoms with Gasteiger partial charge in [-0.15, -0.1) is 0 Å². The first-order valence-electron chi connectivity index (χ1n) is 10.9. The maximum atomic E-state index is 2.72. The Kier molecular flexibility index (Phi) is 5.47. The van der Waals surface area contributed by atoms with Gasteiger partial charge in [-0.3, -0.25) is 4.90 Å². The molecule has 3 aromatic carbocycles. The molecule has 2 nitrogen and oxygen atoms in total. The van der Waals surface area contributed by atoms with E-state index in [0.29, 0.717) is 5.92 Å². The lowest BCUT2D eigenvalue weighted by molar-refractivity contribution is 0.247. The van der Waals surface area contributed by atoms with Gasteiger partial charge >= 0.3 is 0 Å². The first-order valence-corrected chi connectivity index (χ1v) is 10.9. The molecule has 2 aliphatic rings.